The molecule has 1 saturated carbocycles. The molecule has 12 heteroatoms. The largest absolute Gasteiger partial charge is 0.493 e. The maximum absolute atomic E-state index is 15.6. The normalized spacial score (nSPS) is 16.6. The smallest absolute Gasteiger partial charge is 0.306 e. The van der Waals surface area contributed by atoms with E-state index < -0.39 is 17.7 Å². The molecule has 0 saturated heterocycles. The lowest BCUT2D eigenvalue weighted by Gasteiger charge is -2.33. The Balaban J connectivity index is 1.23. The fraction of sp³-hybridized carbons (Fsp3) is 0.394. The first kappa shape index (κ1) is 32.4. The second-order valence-electron chi connectivity index (χ2n) is 11.1. The molecule has 2 heterocycles. The van der Waals surface area contributed by atoms with Gasteiger partial charge in [-0.1, -0.05) is 6.92 Å². The molecular formula is C33H33FO9S2. The van der Waals surface area contributed by atoms with E-state index in [2.05, 4.69) is 0 Å². The summed E-state index contributed by atoms with van der Waals surface area (Å²) in [7, 11) is 2.92. The molecule has 238 valence electrons. The number of rotatable bonds is 15. The van der Waals surface area contributed by atoms with Crippen LogP contribution < -0.4 is 18.9 Å². The van der Waals surface area contributed by atoms with E-state index >= 15 is 4.39 Å². The van der Waals surface area contributed by atoms with Gasteiger partial charge in [-0.3, -0.25) is 19.2 Å². The maximum Gasteiger partial charge on any atom is 0.306 e. The zero-order chi connectivity index (χ0) is 32.4. The van der Waals surface area contributed by atoms with Gasteiger partial charge in [-0.2, -0.15) is 0 Å². The Bertz CT molecular complexity index is 1790. The number of carbonyl (C=O) groups is 4. The number of halogens is 1. The number of carboxylic acids is 1. The number of benzene rings is 2. The Hall–Kier alpha value is -4.03. The van der Waals surface area contributed by atoms with Crippen LogP contribution in [0.3, 0.4) is 0 Å². The number of carboxylic acid groups (broad SMARTS) is 1. The van der Waals surface area contributed by atoms with Gasteiger partial charge in [0.2, 0.25) is 0 Å². The molecule has 4 aromatic rings. The number of ketones is 3. The minimum absolute atomic E-state index is 0.00373. The second kappa shape index (κ2) is 13.5. The lowest BCUT2D eigenvalue weighted by atomic mass is 9.69. The van der Waals surface area contributed by atoms with Crippen molar-refractivity contribution in [1.82, 2.24) is 0 Å². The molecule has 0 aliphatic heterocycles. The molecule has 2 aromatic heterocycles. The van der Waals surface area contributed by atoms with E-state index in [1.54, 1.807) is 24.3 Å². The molecule has 1 aliphatic rings. The van der Waals surface area contributed by atoms with Gasteiger partial charge in [0.15, 0.2) is 40.4 Å². The van der Waals surface area contributed by atoms with E-state index in [-0.39, 0.29) is 65.7 Å². The van der Waals surface area contributed by atoms with E-state index in [4.69, 9.17) is 24.1 Å². The number of Topliss-reactive ketones (excluding diaryl/α,β-unsaturated/α-hetero) is 3. The van der Waals surface area contributed by atoms with Gasteiger partial charge in [0, 0.05) is 51.6 Å². The molecule has 45 heavy (non-hydrogen) atoms. The van der Waals surface area contributed by atoms with Crippen molar-refractivity contribution in [2.45, 2.75) is 39.5 Å². The predicted molar refractivity (Wildman–Crippen MR) is 169 cm³/mol. The van der Waals surface area contributed by atoms with Crippen LogP contribution in [0.4, 0.5) is 4.39 Å². The van der Waals surface area contributed by atoms with Crippen molar-refractivity contribution in [3.8, 4) is 23.0 Å². The molecule has 1 fully saturated rings. The highest BCUT2D eigenvalue weighted by atomic mass is 32.1. The van der Waals surface area contributed by atoms with Crippen molar-refractivity contribution >= 4 is 66.2 Å². The van der Waals surface area contributed by atoms with Crippen molar-refractivity contribution in [2.75, 3.05) is 27.4 Å². The molecule has 9 nitrogen and oxygen atoms in total. The van der Waals surface area contributed by atoms with Crippen molar-refractivity contribution in [3.05, 3.63) is 45.9 Å². The van der Waals surface area contributed by atoms with E-state index in [0.717, 1.165) is 10.1 Å². The summed E-state index contributed by atoms with van der Waals surface area (Å²) in [5, 5.41) is 10.2. The fourth-order valence-electron chi connectivity index (χ4n) is 5.33. The average molecular weight is 657 g/mol. The number of aliphatic carboxylic acids is 1. The van der Waals surface area contributed by atoms with Crippen molar-refractivity contribution < 1.29 is 47.6 Å². The Morgan fingerprint density at radius 3 is 2.20 bits per heavy atom. The molecule has 0 radical (unpaired) electrons. The van der Waals surface area contributed by atoms with E-state index in [1.165, 1.54) is 56.8 Å². The first-order valence-corrected chi connectivity index (χ1v) is 16.1. The monoisotopic (exact) mass is 656 g/mol. The number of methoxy groups -OCH3 is 2. The molecule has 0 spiro atoms. The summed E-state index contributed by atoms with van der Waals surface area (Å²) in [5.41, 5.74) is 0. The molecule has 2 aromatic carbocycles. The zero-order valence-electron chi connectivity index (χ0n) is 25.3. The van der Waals surface area contributed by atoms with E-state index in [0.29, 0.717) is 45.2 Å². The third kappa shape index (κ3) is 6.67. The Labute approximate surface area is 266 Å². The van der Waals surface area contributed by atoms with Gasteiger partial charge in [0.1, 0.15) is 5.78 Å². The summed E-state index contributed by atoms with van der Waals surface area (Å²) in [5.74, 6) is -2.33. The van der Waals surface area contributed by atoms with Gasteiger partial charge >= 0.3 is 5.97 Å². The van der Waals surface area contributed by atoms with Crippen LogP contribution in [-0.2, 0) is 9.59 Å². The molecule has 1 N–H and O–H groups in total. The summed E-state index contributed by atoms with van der Waals surface area (Å²) >= 11 is 2.44. The highest BCUT2D eigenvalue weighted by Gasteiger charge is 2.40. The lowest BCUT2D eigenvalue weighted by molar-refractivity contribution is -0.141. The molecule has 0 amide bonds. The number of ether oxygens (including phenoxy) is 4. The summed E-state index contributed by atoms with van der Waals surface area (Å²) in [4.78, 5) is 49.5. The van der Waals surface area contributed by atoms with Gasteiger partial charge in [0.05, 0.1) is 43.1 Å². The second-order valence-corrected chi connectivity index (χ2v) is 13.2. The molecule has 0 unspecified atom stereocenters. The Kier molecular flexibility index (Phi) is 9.73. The lowest BCUT2D eigenvalue weighted by Crippen LogP contribution is -2.36. The van der Waals surface area contributed by atoms with Crippen LogP contribution in [-0.4, -0.2) is 55.9 Å². The molecule has 1 aliphatic carbocycles. The number of hydrogen-bond donors (Lipinski definition) is 1. The van der Waals surface area contributed by atoms with Crippen LogP contribution >= 0.6 is 22.7 Å². The first-order chi connectivity index (χ1) is 21.5. The van der Waals surface area contributed by atoms with Crippen LogP contribution in [0.5, 0.6) is 23.0 Å². The van der Waals surface area contributed by atoms with Crippen molar-refractivity contribution in [3.63, 3.8) is 0 Å². The van der Waals surface area contributed by atoms with Crippen LogP contribution in [0.25, 0.3) is 20.2 Å². The van der Waals surface area contributed by atoms with Gasteiger partial charge in [-0.15, -0.1) is 22.7 Å². The number of fused-ring (bicyclic) bond motifs is 2. The van der Waals surface area contributed by atoms with Crippen LogP contribution in [0.1, 0.15) is 58.9 Å². The minimum atomic E-state index is -1.02. The highest BCUT2D eigenvalue weighted by molar-refractivity contribution is 7.21. The number of hydrogen-bond acceptors (Lipinski definition) is 10. The third-order valence-corrected chi connectivity index (χ3v) is 10.3. The Morgan fingerprint density at radius 1 is 0.889 bits per heavy atom. The van der Waals surface area contributed by atoms with Gasteiger partial charge in [-0.25, -0.2) is 4.39 Å². The van der Waals surface area contributed by atoms with Crippen LogP contribution in [0, 0.1) is 23.6 Å². The Morgan fingerprint density at radius 2 is 1.56 bits per heavy atom. The summed E-state index contributed by atoms with van der Waals surface area (Å²) in [6, 6.07) is 8.43. The minimum Gasteiger partial charge on any atom is -0.493 e. The summed E-state index contributed by atoms with van der Waals surface area (Å²) < 4.78 is 39.6. The zero-order valence-corrected chi connectivity index (χ0v) is 26.9. The topological polar surface area (TPSA) is 125 Å². The van der Waals surface area contributed by atoms with Gasteiger partial charge < -0.3 is 24.1 Å². The van der Waals surface area contributed by atoms with Gasteiger partial charge in [0.25, 0.3) is 0 Å². The molecule has 3 atom stereocenters. The summed E-state index contributed by atoms with van der Waals surface area (Å²) in [6.07, 6.45) is 1.66. The SMILES string of the molecule is COc1cc2cc(C(=O)C[C@H](C)C(=O)O)sc2cc1OCCCOc1c(OC)cc2sc(C(=O)[C@@H]3CC[C@H]3C(C)=O)cc2c1F. The molecule has 0 bridgehead atoms. The molecular weight excluding hydrogens is 623 g/mol. The fourth-order valence-corrected chi connectivity index (χ4v) is 7.44. The van der Waals surface area contributed by atoms with E-state index in [9.17, 15) is 19.2 Å². The maximum atomic E-state index is 15.6. The highest BCUT2D eigenvalue weighted by Crippen LogP contribution is 2.43. The quantitative estimate of drug-likeness (QED) is 0.104. The van der Waals surface area contributed by atoms with Crippen molar-refractivity contribution in [2.24, 2.45) is 17.8 Å². The van der Waals surface area contributed by atoms with Gasteiger partial charge in [-0.05, 0) is 43.4 Å². The average Bonchev–Trinajstić information content (AvgIpc) is 3.60. The summed E-state index contributed by atoms with van der Waals surface area (Å²) in [6.45, 7) is 3.33. The van der Waals surface area contributed by atoms with Crippen LogP contribution in [0.2, 0.25) is 0 Å². The van der Waals surface area contributed by atoms with Crippen LogP contribution in [0.15, 0.2) is 30.3 Å². The first-order valence-electron chi connectivity index (χ1n) is 14.5. The standard InChI is InChI=1S/C33H33FO9S2/c1-16(33(38)39)10-22(36)28-12-18-11-23(40-3)24(14-26(18)44-28)42-8-5-9-43-32-25(41-4)15-27-21(30(32)34)13-29(45-27)31(37)20-7-6-19(20)17(2)35/h11-16,19-20H,5-10H2,1-4H3,(H,38,39)/t16-,19-,20+/m0/s1. The number of thiophene rings is 2. The predicted octanol–water partition coefficient (Wildman–Crippen LogP) is 7.21. The third-order valence-electron chi connectivity index (χ3n) is 8.06. The van der Waals surface area contributed by atoms with Crippen molar-refractivity contribution in [1.29, 1.82) is 0 Å². The number of carbonyl (C=O) groups excluding carboxylic acids is 3. The molecule has 5 rings (SSSR count). The van der Waals surface area contributed by atoms with E-state index in [1.807, 2.05) is 0 Å².